The molecule has 0 fully saturated rings. The highest BCUT2D eigenvalue weighted by molar-refractivity contribution is 8.01. The molecular formula is C37H42O4S4. The Kier molecular flexibility index (Phi) is 12.7. The van der Waals surface area contributed by atoms with E-state index in [9.17, 15) is 0 Å². The minimum absolute atomic E-state index is 0.642. The van der Waals surface area contributed by atoms with Gasteiger partial charge in [0.05, 0.1) is 65.6 Å². The molecule has 4 aromatic rings. The molecule has 4 nitrogen and oxygen atoms in total. The minimum atomic E-state index is 0.642. The van der Waals surface area contributed by atoms with Crippen LogP contribution in [0.15, 0.2) is 106 Å². The van der Waals surface area contributed by atoms with Gasteiger partial charge in [0.15, 0.2) is 0 Å². The predicted molar refractivity (Wildman–Crippen MR) is 190 cm³/mol. The Morgan fingerprint density at radius 3 is 1.07 bits per heavy atom. The minimum Gasteiger partial charge on any atom is -0.491 e. The van der Waals surface area contributed by atoms with Crippen LogP contribution >= 0.6 is 47.0 Å². The topological polar surface area (TPSA) is 36.9 Å². The van der Waals surface area contributed by atoms with Gasteiger partial charge in [-0.05, 0) is 80.6 Å². The van der Waals surface area contributed by atoms with Gasteiger partial charge in [-0.1, -0.05) is 99.0 Å². The monoisotopic (exact) mass is 678 g/mol. The maximum Gasteiger partial charge on any atom is 0.147 e. The van der Waals surface area contributed by atoms with Crippen LogP contribution in [0.2, 0.25) is 0 Å². The lowest BCUT2D eigenvalue weighted by atomic mass is 10.2. The number of aryl methyl sites for hydroxylation is 1. The Labute approximate surface area is 285 Å². The van der Waals surface area contributed by atoms with Crippen LogP contribution < -0.4 is 18.9 Å². The molecule has 0 amide bonds. The number of hydrogen-bond acceptors (Lipinski definition) is 8. The zero-order valence-corrected chi connectivity index (χ0v) is 30.0. The highest BCUT2D eigenvalue weighted by Crippen LogP contribution is 2.54. The van der Waals surface area contributed by atoms with Gasteiger partial charge in [0.1, 0.15) is 23.0 Å². The zero-order valence-electron chi connectivity index (χ0n) is 26.8. The van der Waals surface area contributed by atoms with Crippen molar-refractivity contribution in [2.45, 2.75) is 99.5 Å². The second-order valence-electron chi connectivity index (χ2n) is 10.6. The van der Waals surface area contributed by atoms with Gasteiger partial charge in [-0.3, -0.25) is 0 Å². The molecule has 0 atom stereocenters. The first-order chi connectivity index (χ1) is 22.1. The van der Waals surface area contributed by atoms with Gasteiger partial charge in [0.25, 0.3) is 0 Å². The third-order valence-corrected chi connectivity index (χ3v) is 11.3. The van der Waals surface area contributed by atoms with Gasteiger partial charge in [-0.15, -0.1) is 0 Å². The van der Waals surface area contributed by atoms with Crippen molar-refractivity contribution >= 4 is 47.0 Å². The second-order valence-corrected chi connectivity index (χ2v) is 14.9. The number of hydrogen-bond donors (Lipinski definition) is 0. The maximum atomic E-state index is 6.57. The smallest absolute Gasteiger partial charge is 0.147 e. The summed E-state index contributed by atoms with van der Waals surface area (Å²) in [6.07, 6.45) is 3.71. The summed E-state index contributed by atoms with van der Waals surface area (Å²) in [6.45, 7) is 13.3. The molecule has 0 unspecified atom stereocenters. The number of para-hydroxylation sites is 3. The van der Waals surface area contributed by atoms with Crippen molar-refractivity contribution in [2.24, 2.45) is 0 Å². The maximum absolute atomic E-state index is 6.57. The number of fused-ring (bicyclic) bond motifs is 8. The van der Waals surface area contributed by atoms with E-state index < -0.39 is 0 Å². The molecule has 0 aromatic heterocycles. The highest BCUT2D eigenvalue weighted by Gasteiger charge is 2.23. The van der Waals surface area contributed by atoms with Gasteiger partial charge in [0.2, 0.25) is 0 Å². The van der Waals surface area contributed by atoms with Crippen molar-refractivity contribution in [3.63, 3.8) is 0 Å². The van der Waals surface area contributed by atoms with Crippen LogP contribution in [0.4, 0.5) is 0 Å². The van der Waals surface area contributed by atoms with E-state index in [4.69, 9.17) is 18.9 Å². The Hall–Kier alpha value is -2.52. The van der Waals surface area contributed by atoms with Gasteiger partial charge in [-0.2, -0.15) is 0 Å². The Morgan fingerprint density at radius 2 is 0.711 bits per heavy atom. The fraction of sp³-hybridized carbons (Fsp3) is 0.351. The molecule has 0 N–H and O–H groups in total. The standard InChI is InChI=1S/C37H42O4S4/c1-6-21-38-33-26-13-10-14-27(33)43-30-17-12-18-31(35(30)40-23-8-3)45-37-25(5)19-20-32(36(37)41-24-9-4)44-29-16-11-15-28(42-26)34(29)39-22-7-2/h10-20H,6-9,21-24H2,1-5H3. The summed E-state index contributed by atoms with van der Waals surface area (Å²) in [5.41, 5.74) is 1.17. The van der Waals surface area contributed by atoms with Crippen LogP contribution in [0.1, 0.15) is 58.9 Å². The molecule has 45 heavy (non-hydrogen) atoms. The molecule has 0 radical (unpaired) electrons. The van der Waals surface area contributed by atoms with Crippen LogP contribution in [0.5, 0.6) is 23.0 Å². The molecule has 1 aliphatic rings. The first-order valence-electron chi connectivity index (χ1n) is 15.8. The third-order valence-electron chi connectivity index (χ3n) is 6.78. The molecule has 238 valence electrons. The first-order valence-corrected chi connectivity index (χ1v) is 19.1. The number of ether oxygens (including phenoxy) is 4. The summed E-state index contributed by atoms with van der Waals surface area (Å²) in [6, 6.07) is 23.7. The fourth-order valence-electron chi connectivity index (χ4n) is 4.66. The van der Waals surface area contributed by atoms with E-state index in [0.717, 1.165) is 87.8 Å². The summed E-state index contributed by atoms with van der Waals surface area (Å²) in [4.78, 5) is 8.58. The normalized spacial score (nSPS) is 12.5. The Balaban J connectivity index is 1.76. The summed E-state index contributed by atoms with van der Waals surface area (Å²) < 4.78 is 26.1. The third kappa shape index (κ3) is 8.26. The average molecular weight is 679 g/mol. The predicted octanol–water partition coefficient (Wildman–Crippen LogP) is 12.1. The van der Waals surface area contributed by atoms with Crippen molar-refractivity contribution in [3.05, 3.63) is 72.3 Å². The summed E-state index contributed by atoms with van der Waals surface area (Å²) in [5.74, 6) is 3.62. The van der Waals surface area contributed by atoms with E-state index in [1.807, 2.05) is 0 Å². The van der Waals surface area contributed by atoms with Gasteiger partial charge in [0, 0.05) is 0 Å². The Bertz CT molecular complexity index is 1590. The van der Waals surface area contributed by atoms with Crippen LogP contribution in [0.25, 0.3) is 0 Å². The molecule has 0 spiro atoms. The molecule has 8 bridgehead atoms. The van der Waals surface area contributed by atoms with E-state index in [-0.39, 0.29) is 0 Å². The lowest BCUT2D eigenvalue weighted by Crippen LogP contribution is -2.02. The molecule has 1 heterocycles. The van der Waals surface area contributed by atoms with Crippen LogP contribution in [-0.4, -0.2) is 26.4 Å². The molecule has 5 rings (SSSR count). The second kappa shape index (κ2) is 16.9. The van der Waals surface area contributed by atoms with Crippen LogP contribution in [-0.2, 0) is 0 Å². The average Bonchev–Trinajstić information content (AvgIpc) is 3.04. The van der Waals surface area contributed by atoms with E-state index in [1.165, 1.54) is 5.56 Å². The van der Waals surface area contributed by atoms with Crippen LogP contribution in [0, 0.1) is 6.92 Å². The quantitative estimate of drug-likeness (QED) is 0.129. The lowest BCUT2D eigenvalue weighted by Gasteiger charge is -2.22. The van der Waals surface area contributed by atoms with Gasteiger partial charge < -0.3 is 18.9 Å². The zero-order chi connectivity index (χ0) is 31.6. The molecule has 0 aliphatic carbocycles. The first kappa shape index (κ1) is 33.8. The van der Waals surface area contributed by atoms with E-state index in [0.29, 0.717) is 26.4 Å². The van der Waals surface area contributed by atoms with Crippen molar-refractivity contribution in [1.29, 1.82) is 0 Å². The molecule has 1 aliphatic heterocycles. The fourth-order valence-corrected chi connectivity index (χ4v) is 9.18. The molecule has 0 saturated carbocycles. The van der Waals surface area contributed by atoms with E-state index in [2.05, 4.69) is 101 Å². The van der Waals surface area contributed by atoms with E-state index in [1.54, 1.807) is 47.0 Å². The lowest BCUT2D eigenvalue weighted by molar-refractivity contribution is 0.299. The van der Waals surface area contributed by atoms with Crippen molar-refractivity contribution < 1.29 is 18.9 Å². The highest BCUT2D eigenvalue weighted by atomic mass is 32.2. The Morgan fingerprint density at radius 1 is 0.400 bits per heavy atom. The summed E-state index contributed by atoms with van der Waals surface area (Å²) >= 11 is 6.84. The van der Waals surface area contributed by atoms with Crippen molar-refractivity contribution in [3.8, 4) is 23.0 Å². The van der Waals surface area contributed by atoms with Crippen molar-refractivity contribution in [1.82, 2.24) is 0 Å². The van der Waals surface area contributed by atoms with Crippen LogP contribution in [0.3, 0.4) is 0 Å². The largest absolute Gasteiger partial charge is 0.491 e. The van der Waals surface area contributed by atoms with E-state index >= 15 is 0 Å². The molecule has 0 saturated heterocycles. The molecule has 4 aromatic carbocycles. The summed E-state index contributed by atoms with van der Waals surface area (Å²) in [7, 11) is 0. The summed E-state index contributed by atoms with van der Waals surface area (Å²) in [5, 5.41) is 0. The number of rotatable bonds is 12. The molecule has 8 heteroatoms. The van der Waals surface area contributed by atoms with Gasteiger partial charge >= 0.3 is 0 Å². The van der Waals surface area contributed by atoms with Crippen molar-refractivity contribution in [2.75, 3.05) is 26.4 Å². The van der Waals surface area contributed by atoms with Gasteiger partial charge in [-0.25, -0.2) is 0 Å². The molecular weight excluding hydrogens is 637 g/mol. The SMILES string of the molecule is CCCOc1c2cccc1Sc1cccc(c1OCCC)Sc1c(C)ccc(c1OCCC)Sc1cccc(c1OCCC)S2. The number of benzene rings is 4.